The van der Waals surface area contributed by atoms with Gasteiger partial charge in [0, 0.05) is 11.3 Å². The molecule has 2 aromatic rings. The molecular weight excluding hydrogens is 292 g/mol. The first kappa shape index (κ1) is 15.2. The summed E-state index contributed by atoms with van der Waals surface area (Å²) in [5.74, 6) is 4.14. The largest absolute Gasteiger partial charge is 0.464 e. The number of anilines is 1. The number of urea groups is 1. The maximum Gasteiger partial charge on any atom is 0.322 e. The zero-order valence-electron chi connectivity index (χ0n) is 12.9. The molecule has 1 aromatic heterocycles. The van der Waals surface area contributed by atoms with Crippen LogP contribution in [0, 0.1) is 19.3 Å². The van der Waals surface area contributed by atoms with Crippen molar-refractivity contribution in [2.24, 2.45) is 0 Å². The first-order valence-corrected chi connectivity index (χ1v) is 7.43. The Labute approximate surface area is 135 Å². The molecule has 3 rings (SSSR count). The highest BCUT2D eigenvalue weighted by atomic mass is 16.5. The van der Waals surface area contributed by atoms with Gasteiger partial charge in [0.15, 0.2) is 0 Å². The van der Waals surface area contributed by atoms with Gasteiger partial charge >= 0.3 is 6.03 Å². The topological polar surface area (TPSA) is 54.7 Å². The molecule has 1 aliphatic heterocycles. The number of hydrogen-bond acceptors (Lipinski definition) is 3. The molecule has 118 valence electrons. The van der Waals surface area contributed by atoms with Crippen molar-refractivity contribution in [1.29, 1.82) is 0 Å². The molecule has 1 aromatic carbocycles. The van der Waals surface area contributed by atoms with E-state index in [0.717, 1.165) is 17.1 Å². The van der Waals surface area contributed by atoms with E-state index < -0.39 is 0 Å². The molecule has 1 N–H and O–H groups in total. The highest BCUT2D eigenvalue weighted by Gasteiger charge is 2.30. The van der Waals surface area contributed by atoms with E-state index in [4.69, 9.17) is 15.6 Å². The number of aryl methyl sites for hydroxylation is 1. The van der Waals surface area contributed by atoms with Crippen molar-refractivity contribution < 1.29 is 13.9 Å². The number of carbonyl (C=O) groups is 1. The molecule has 5 heteroatoms. The molecule has 0 spiro atoms. The van der Waals surface area contributed by atoms with Crippen molar-refractivity contribution in [3.8, 4) is 12.3 Å². The number of terminal acetylenes is 1. The summed E-state index contributed by atoms with van der Waals surface area (Å²) in [5.41, 5.74) is 1.48. The second-order valence-electron chi connectivity index (χ2n) is 5.48. The van der Waals surface area contributed by atoms with Crippen LogP contribution in [-0.4, -0.2) is 30.2 Å². The van der Waals surface area contributed by atoms with Gasteiger partial charge in [-0.3, -0.25) is 0 Å². The molecule has 2 heterocycles. The fraction of sp³-hybridized carbons (Fsp3) is 0.278. The summed E-state index contributed by atoms with van der Waals surface area (Å²) in [5, 5.41) is 2.89. The number of benzene rings is 1. The Bertz CT molecular complexity index is 723. The van der Waals surface area contributed by atoms with E-state index in [0.29, 0.717) is 25.4 Å². The van der Waals surface area contributed by atoms with Crippen molar-refractivity contribution in [2.75, 3.05) is 18.5 Å². The lowest BCUT2D eigenvalue weighted by Gasteiger charge is -2.36. The third kappa shape index (κ3) is 3.55. The maximum atomic E-state index is 12.6. The number of ether oxygens (including phenoxy) is 1. The van der Waals surface area contributed by atoms with Crippen molar-refractivity contribution in [3.05, 3.63) is 53.5 Å². The second kappa shape index (κ2) is 6.59. The second-order valence-corrected chi connectivity index (χ2v) is 5.48. The van der Waals surface area contributed by atoms with Crippen LogP contribution < -0.4 is 5.32 Å². The SMILES string of the molecule is C#Cc1ccc(NC(=O)N(Cc2ccc(C)o2)C2COC2)cc1. The van der Waals surface area contributed by atoms with Crippen LogP contribution in [0.3, 0.4) is 0 Å². The van der Waals surface area contributed by atoms with Crippen molar-refractivity contribution in [3.63, 3.8) is 0 Å². The smallest absolute Gasteiger partial charge is 0.322 e. The summed E-state index contributed by atoms with van der Waals surface area (Å²) < 4.78 is 10.8. The monoisotopic (exact) mass is 310 g/mol. The number of nitrogens with zero attached hydrogens (tertiary/aromatic N) is 1. The Balaban J connectivity index is 1.70. The Kier molecular flexibility index (Phi) is 4.35. The van der Waals surface area contributed by atoms with Gasteiger partial charge in [0.1, 0.15) is 11.5 Å². The van der Waals surface area contributed by atoms with Crippen LogP contribution in [0.4, 0.5) is 10.5 Å². The Morgan fingerprint density at radius 2 is 2.04 bits per heavy atom. The minimum atomic E-state index is -0.180. The van der Waals surface area contributed by atoms with E-state index in [9.17, 15) is 4.79 Å². The highest BCUT2D eigenvalue weighted by molar-refractivity contribution is 5.89. The van der Waals surface area contributed by atoms with Crippen molar-refractivity contribution >= 4 is 11.7 Å². The number of hydrogen-bond donors (Lipinski definition) is 1. The number of rotatable bonds is 4. The minimum absolute atomic E-state index is 0.0605. The average molecular weight is 310 g/mol. The van der Waals surface area contributed by atoms with Gasteiger partial charge in [0.25, 0.3) is 0 Å². The molecule has 0 bridgehead atoms. The van der Waals surface area contributed by atoms with Crippen LogP contribution in [0.5, 0.6) is 0 Å². The van der Waals surface area contributed by atoms with E-state index in [1.165, 1.54) is 0 Å². The van der Waals surface area contributed by atoms with Crippen LogP contribution in [0.1, 0.15) is 17.1 Å². The molecule has 0 radical (unpaired) electrons. The van der Waals surface area contributed by atoms with E-state index in [-0.39, 0.29) is 12.1 Å². The third-order valence-corrected chi connectivity index (χ3v) is 3.75. The van der Waals surface area contributed by atoms with Crippen LogP contribution in [-0.2, 0) is 11.3 Å². The summed E-state index contributed by atoms with van der Waals surface area (Å²) >= 11 is 0. The average Bonchev–Trinajstić information content (AvgIpc) is 2.91. The maximum absolute atomic E-state index is 12.6. The fourth-order valence-electron chi connectivity index (χ4n) is 2.35. The van der Waals surface area contributed by atoms with Crippen LogP contribution in [0.25, 0.3) is 0 Å². The summed E-state index contributed by atoms with van der Waals surface area (Å²) in [4.78, 5) is 14.3. The Hall–Kier alpha value is -2.71. The van der Waals surface area contributed by atoms with Gasteiger partial charge in [0.05, 0.1) is 25.8 Å². The lowest BCUT2D eigenvalue weighted by Crippen LogP contribution is -2.52. The van der Waals surface area contributed by atoms with Gasteiger partial charge in [0.2, 0.25) is 0 Å². The third-order valence-electron chi connectivity index (χ3n) is 3.75. The van der Waals surface area contributed by atoms with E-state index in [1.54, 1.807) is 29.2 Å². The van der Waals surface area contributed by atoms with Gasteiger partial charge < -0.3 is 19.4 Å². The number of nitrogens with one attached hydrogen (secondary N) is 1. The van der Waals surface area contributed by atoms with Gasteiger partial charge in [-0.05, 0) is 43.3 Å². The quantitative estimate of drug-likeness (QED) is 0.883. The van der Waals surface area contributed by atoms with Gasteiger partial charge in [-0.25, -0.2) is 4.79 Å². The van der Waals surface area contributed by atoms with Crippen molar-refractivity contribution in [2.45, 2.75) is 19.5 Å². The Morgan fingerprint density at radius 3 is 2.57 bits per heavy atom. The predicted molar refractivity (Wildman–Crippen MR) is 87.0 cm³/mol. The molecule has 1 fully saturated rings. The van der Waals surface area contributed by atoms with Crippen LogP contribution >= 0.6 is 0 Å². The first-order valence-electron chi connectivity index (χ1n) is 7.43. The fourth-order valence-corrected chi connectivity index (χ4v) is 2.35. The van der Waals surface area contributed by atoms with Gasteiger partial charge in [-0.1, -0.05) is 5.92 Å². The number of furan rings is 1. The number of amides is 2. The minimum Gasteiger partial charge on any atom is -0.464 e. The van der Waals surface area contributed by atoms with E-state index >= 15 is 0 Å². The summed E-state index contributed by atoms with van der Waals surface area (Å²) in [6.45, 7) is 3.38. The number of carbonyl (C=O) groups excluding carboxylic acids is 1. The van der Waals surface area contributed by atoms with Crippen LogP contribution in [0.2, 0.25) is 0 Å². The molecule has 1 aliphatic rings. The summed E-state index contributed by atoms with van der Waals surface area (Å²) in [7, 11) is 0. The lowest BCUT2D eigenvalue weighted by atomic mass is 10.2. The molecular formula is C18H18N2O3. The zero-order chi connectivity index (χ0) is 16.2. The lowest BCUT2D eigenvalue weighted by molar-refractivity contribution is -0.0511. The van der Waals surface area contributed by atoms with Gasteiger partial charge in [-0.2, -0.15) is 0 Å². The summed E-state index contributed by atoms with van der Waals surface area (Å²) in [6.07, 6.45) is 5.33. The molecule has 5 nitrogen and oxygen atoms in total. The predicted octanol–water partition coefficient (Wildman–Crippen LogP) is 3.00. The normalized spacial score (nSPS) is 13.9. The Morgan fingerprint density at radius 1 is 1.30 bits per heavy atom. The first-order chi connectivity index (χ1) is 11.2. The summed E-state index contributed by atoms with van der Waals surface area (Å²) in [6, 6.07) is 10.8. The van der Waals surface area contributed by atoms with E-state index in [2.05, 4.69) is 11.2 Å². The highest BCUT2D eigenvalue weighted by Crippen LogP contribution is 2.18. The zero-order valence-corrected chi connectivity index (χ0v) is 12.9. The molecule has 0 atom stereocenters. The molecule has 2 amide bonds. The van der Waals surface area contributed by atoms with Crippen LogP contribution in [0.15, 0.2) is 40.8 Å². The molecule has 0 aliphatic carbocycles. The van der Waals surface area contributed by atoms with E-state index in [1.807, 2.05) is 19.1 Å². The standard InChI is InChI=1S/C18H18N2O3/c1-3-14-5-7-15(8-6-14)19-18(21)20(16-11-22-12-16)10-17-9-4-13(2)23-17/h1,4-9,16H,10-12H2,2H3,(H,19,21). The molecule has 1 saturated heterocycles. The van der Waals surface area contributed by atoms with Crippen molar-refractivity contribution in [1.82, 2.24) is 4.90 Å². The molecule has 0 unspecified atom stereocenters. The van der Waals surface area contributed by atoms with Gasteiger partial charge in [-0.15, -0.1) is 6.42 Å². The molecule has 23 heavy (non-hydrogen) atoms. The molecule has 0 saturated carbocycles.